The molecule has 0 atom stereocenters. The largest absolute Gasteiger partial charge is 0.385 e. The van der Waals surface area contributed by atoms with Gasteiger partial charge in [-0.05, 0) is 42.9 Å². The van der Waals surface area contributed by atoms with Gasteiger partial charge in [-0.3, -0.25) is 0 Å². The van der Waals surface area contributed by atoms with Crippen LogP contribution < -0.4 is 5.32 Å². The summed E-state index contributed by atoms with van der Waals surface area (Å²) in [6, 6.07) is 8.60. The van der Waals surface area contributed by atoms with Crippen molar-refractivity contribution in [1.29, 1.82) is 0 Å². The second kappa shape index (κ2) is 6.43. The van der Waals surface area contributed by atoms with E-state index in [0.717, 1.165) is 31.6 Å². The van der Waals surface area contributed by atoms with Gasteiger partial charge in [-0.2, -0.15) is 0 Å². The van der Waals surface area contributed by atoms with Gasteiger partial charge in [0.05, 0.1) is 0 Å². The summed E-state index contributed by atoms with van der Waals surface area (Å²) in [6.07, 6.45) is 7.78. The maximum atomic E-state index is 10.2. The summed E-state index contributed by atoms with van der Waals surface area (Å²) in [6.45, 7) is 1.09. The lowest BCUT2D eigenvalue weighted by molar-refractivity contribution is -0.107. The normalized spacial score (nSPS) is 14.6. The number of rotatable bonds is 8. The first-order valence-corrected chi connectivity index (χ1v) is 6.65. The van der Waals surface area contributed by atoms with Crippen LogP contribution in [0.5, 0.6) is 0 Å². The zero-order valence-electron chi connectivity index (χ0n) is 10.3. The molecule has 2 heteroatoms. The Morgan fingerprint density at radius 3 is 2.65 bits per heavy atom. The molecule has 0 amide bonds. The van der Waals surface area contributed by atoms with Crippen LogP contribution in [0.1, 0.15) is 37.7 Å². The van der Waals surface area contributed by atoms with Crippen LogP contribution in [-0.4, -0.2) is 12.8 Å². The van der Waals surface area contributed by atoms with Gasteiger partial charge in [-0.25, -0.2) is 0 Å². The minimum absolute atomic E-state index is 0.668. The van der Waals surface area contributed by atoms with E-state index in [9.17, 15) is 4.79 Å². The van der Waals surface area contributed by atoms with E-state index in [0.29, 0.717) is 6.42 Å². The van der Waals surface area contributed by atoms with Crippen molar-refractivity contribution in [2.45, 2.75) is 38.5 Å². The highest BCUT2D eigenvalue weighted by atomic mass is 16.1. The Morgan fingerprint density at radius 1 is 1.24 bits per heavy atom. The topological polar surface area (TPSA) is 29.1 Å². The number of hydrogen-bond donors (Lipinski definition) is 1. The monoisotopic (exact) mass is 231 g/mol. The van der Waals surface area contributed by atoms with Gasteiger partial charge >= 0.3 is 0 Å². The average Bonchev–Trinajstić information content (AvgIpc) is 3.16. The van der Waals surface area contributed by atoms with Gasteiger partial charge in [0.2, 0.25) is 0 Å². The standard InChI is InChI=1S/C15H21NO/c17-12-2-1-3-13-6-8-15(9-7-13)16-11-10-14-4-5-14/h6-9,12,14,16H,1-5,10-11H2. The quantitative estimate of drug-likeness (QED) is 0.548. The first kappa shape index (κ1) is 12.2. The lowest BCUT2D eigenvalue weighted by Crippen LogP contribution is -2.02. The highest BCUT2D eigenvalue weighted by Gasteiger charge is 2.19. The average molecular weight is 231 g/mol. The molecule has 1 aromatic carbocycles. The van der Waals surface area contributed by atoms with Gasteiger partial charge in [0.25, 0.3) is 0 Å². The van der Waals surface area contributed by atoms with Crippen molar-refractivity contribution in [2.24, 2.45) is 5.92 Å². The van der Waals surface area contributed by atoms with Gasteiger partial charge in [0, 0.05) is 18.7 Å². The van der Waals surface area contributed by atoms with Crippen LogP contribution >= 0.6 is 0 Å². The fourth-order valence-electron chi connectivity index (χ4n) is 2.01. The molecule has 1 aliphatic carbocycles. The molecule has 0 saturated heterocycles. The predicted molar refractivity (Wildman–Crippen MR) is 71.3 cm³/mol. The number of benzene rings is 1. The zero-order valence-corrected chi connectivity index (χ0v) is 10.3. The summed E-state index contributed by atoms with van der Waals surface area (Å²) >= 11 is 0. The third kappa shape index (κ3) is 4.59. The molecule has 0 heterocycles. The van der Waals surface area contributed by atoms with Gasteiger partial charge < -0.3 is 10.1 Å². The van der Waals surface area contributed by atoms with Crippen molar-refractivity contribution in [3.05, 3.63) is 29.8 Å². The molecule has 2 nitrogen and oxygen atoms in total. The molecule has 17 heavy (non-hydrogen) atoms. The maximum Gasteiger partial charge on any atom is 0.120 e. The molecule has 0 aromatic heterocycles. The Kier molecular flexibility index (Phi) is 4.60. The number of nitrogens with one attached hydrogen (secondary N) is 1. The Labute approximate surface area is 103 Å². The van der Waals surface area contributed by atoms with Gasteiger partial charge in [0.1, 0.15) is 6.29 Å². The summed E-state index contributed by atoms with van der Waals surface area (Å²) in [5.41, 5.74) is 2.53. The molecule has 92 valence electrons. The SMILES string of the molecule is O=CCCCc1ccc(NCCC2CC2)cc1. The first-order valence-electron chi connectivity index (χ1n) is 6.65. The molecular formula is C15H21NO. The highest BCUT2D eigenvalue weighted by molar-refractivity contribution is 5.49. The highest BCUT2D eigenvalue weighted by Crippen LogP contribution is 2.32. The second-order valence-corrected chi connectivity index (χ2v) is 4.91. The van der Waals surface area contributed by atoms with Crippen molar-refractivity contribution in [2.75, 3.05) is 11.9 Å². The van der Waals surface area contributed by atoms with E-state index in [4.69, 9.17) is 0 Å². The number of anilines is 1. The predicted octanol–water partition coefficient (Wildman–Crippen LogP) is 3.42. The molecule has 0 radical (unpaired) electrons. The van der Waals surface area contributed by atoms with E-state index in [1.165, 1.54) is 30.5 Å². The maximum absolute atomic E-state index is 10.2. The number of hydrogen-bond acceptors (Lipinski definition) is 2. The molecule has 0 unspecified atom stereocenters. The number of aryl methyl sites for hydroxylation is 1. The van der Waals surface area contributed by atoms with Gasteiger partial charge in [-0.15, -0.1) is 0 Å². The Hall–Kier alpha value is -1.31. The van der Waals surface area contributed by atoms with E-state index in [-0.39, 0.29) is 0 Å². The van der Waals surface area contributed by atoms with Gasteiger partial charge in [-0.1, -0.05) is 25.0 Å². The van der Waals surface area contributed by atoms with Crippen LogP contribution in [0.4, 0.5) is 5.69 Å². The van der Waals surface area contributed by atoms with E-state index in [2.05, 4.69) is 29.6 Å². The lowest BCUT2D eigenvalue weighted by Gasteiger charge is -2.06. The third-order valence-corrected chi connectivity index (χ3v) is 3.32. The van der Waals surface area contributed by atoms with E-state index >= 15 is 0 Å². The van der Waals surface area contributed by atoms with Crippen molar-refractivity contribution in [1.82, 2.24) is 0 Å². The number of carbonyl (C=O) groups is 1. The third-order valence-electron chi connectivity index (χ3n) is 3.32. The molecule has 1 fully saturated rings. The van der Waals surface area contributed by atoms with Crippen LogP contribution in [0.3, 0.4) is 0 Å². The summed E-state index contributed by atoms with van der Waals surface area (Å²) in [4.78, 5) is 10.2. The number of carbonyl (C=O) groups excluding carboxylic acids is 1. The molecular weight excluding hydrogens is 210 g/mol. The number of aldehydes is 1. The van der Waals surface area contributed by atoms with Crippen LogP contribution in [0.2, 0.25) is 0 Å². The fraction of sp³-hybridized carbons (Fsp3) is 0.533. The van der Waals surface area contributed by atoms with Crippen molar-refractivity contribution in [3.63, 3.8) is 0 Å². The van der Waals surface area contributed by atoms with Crippen molar-refractivity contribution < 1.29 is 4.79 Å². The molecule has 1 N–H and O–H groups in total. The van der Waals surface area contributed by atoms with Crippen LogP contribution in [0.25, 0.3) is 0 Å². The molecule has 0 bridgehead atoms. The molecule has 0 spiro atoms. The van der Waals surface area contributed by atoms with E-state index in [1.807, 2.05) is 0 Å². The summed E-state index contributed by atoms with van der Waals surface area (Å²) < 4.78 is 0. The van der Waals surface area contributed by atoms with E-state index < -0.39 is 0 Å². The fourth-order valence-corrected chi connectivity index (χ4v) is 2.01. The summed E-state index contributed by atoms with van der Waals surface area (Å²) in [7, 11) is 0. The van der Waals surface area contributed by atoms with Crippen molar-refractivity contribution in [3.8, 4) is 0 Å². The Morgan fingerprint density at radius 2 is 2.00 bits per heavy atom. The minimum atomic E-state index is 0.668. The van der Waals surface area contributed by atoms with Crippen LogP contribution in [-0.2, 0) is 11.2 Å². The molecule has 0 aliphatic heterocycles. The lowest BCUT2D eigenvalue weighted by atomic mass is 10.1. The smallest absolute Gasteiger partial charge is 0.120 e. The van der Waals surface area contributed by atoms with Crippen LogP contribution in [0.15, 0.2) is 24.3 Å². The molecule has 1 saturated carbocycles. The number of unbranched alkanes of at least 4 members (excludes halogenated alkanes) is 1. The first-order chi connectivity index (χ1) is 8.38. The Bertz CT molecular complexity index is 340. The molecule has 1 aromatic rings. The van der Waals surface area contributed by atoms with Crippen LogP contribution in [0, 0.1) is 5.92 Å². The Balaban J connectivity index is 1.69. The van der Waals surface area contributed by atoms with E-state index in [1.54, 1.807) is 0 Å². The second-order valence-electron chi connectivity index (χ2n) is 4.91. The van der Waals surface area contributed by atoms with Crippen molar-refractivity contribution >= 4 is 12.0 Å². The molecule has 1 aliphatic rings. The minimum Gasteiger partial charge on any atom is -0.385 e. The summed E-state index contributed by atoms with van der Waals surface area (Å²) in [5.74, 6) is 0.991. The van der Waals surface area contributed by atoms with Gasteiger partial charge in [0.15, 0.2) is 0 Å². The zero-order chi connectivity index (χ0) is 11.9. The summed E-state index contributed by atoms with van der Waals surface area (Å²) in [5, 5.41) is 3.45. The molecule has 2 rings (SSSR count).